The fourth-order valence-electron chi connectivity index (χ4n) is 2.83. The molecule has 0 bridgehead atoms. The molecular formula is C23H24N2O4S. The van der Waals surface area contributed by atoms with Crippen molar-refractivity contribution in [3.63, 3.8) is 0 Å². The standard InChI is InChI=1S/C23H24N2O4S/c1-18-8-14-22(15-9-18)30(27,28)25(16-19-6-4-3-5-7-19)20-10-12-21(13-11-20)29-17-23(26)24-2/h3-15H,16-17H2,1-2H3,(H,24,26). The lowest BCUT2D eigenvalue weighted by Gasteiger charge is -2.25. The van der Waals surface area contributed by atoms with Gasteiger partial charge >= 0.3 is 0 Å². The summed E-state index contributed by atoms with van der Waals surface area (Å²) in [6.45, 7) is 2.00. The summed E-state index contributed by atoms with van der Waals surface area (Å²) in [6.07, 6.45) is 0. The number of benzene rings is 3. The molecular weight excluding hydrogens is 400 g/mol. The van der Waals surface area contributed by atoms with Crippen molar-refractivity contribution in [2.45, 2.75) is 18.4 Å². The van der Waals surface area contributed by atoms with E-state index in [-0.39, 0.29) is 24.0 Å². The molecule has 0 radical (unpaired) electrons. The van der Waals surface area contributed by atoms with E-state index in [0.29, 0.717) is 11.4 Å². The van der Waals surface area contributed by atoms with Gasteiger partial charge in [0.05, 0.1) is 17.1 Å². The van der Waals surface area contributed by atoms with Crippen LogP contribution in [0.3, 0.4) is 0 Å². The number of nitrogens with one attached hydrogen (secondary N) is 1. The van der Waals surface area contributed by atoms with E-state index < -0.39 is 10.0 Å². The van der Waals surface area contributed by atoms with Gasteiger partial charge in [-0.15, -0.1) is 0 Å². The molecule has 0 aliphatic heterocycles. The van der Waals surface area contributed by atoms with Gasteiger partial charge < -0.3 is 10.1 Å². The quantitative estimate of drug-likeness (QED) is 0.600. The molecule has 6 nitrogen and oxygen atoms in total. The minimum absolute atomic E-state index is 0.106. The first-order valence-electron chi connectivity index (χ1n) is 9.47. The van der Waals surface area contributed by atoms with E-state index in [1.165, 1.54) is 11.4 Å². The average molecular weight is 425 g/mol. The van der Waals surface area contributed by atoms with E-state index in [1.54, 1.807) is 48.5 Å². The third-order valence-electron chi connectivity index (χ3n) is 4.55. The van der Waals surface area contributed by atoms with Crippen molar-refractivity contribution in [1.82, 2.24) is 5.32 Å². The number of hydrogen-bond donors (Lipinski definition) is 1. The van der Waals surface area contributed by atoms with Crippen LogP contribution in [0.2, 0.25) is 0 Å². The van der Waals surface area contributed by atoms with E-state index in [2.05, 4.69) is 5.32 Å². The largest absolute Gasteiger partial charge is 0.484 e. The normalized spacial score (nSPS) is 11.0. The highest BCUT2D eigenvalue weighted by molar-refractivity contribution is 7.92. The lowest BCUT2D eigenvalue weighted by Crippen LogP contribution is -2.30. The van der Waals surface area contributed by atoms with Crippen LogP contribution in [0.15, 0.2) is 83.8 Å². The first kappa shape index (κ1) is 21.4. The lowest BCUT2D eigenvalue weighted by molar-refractivity contribution is -0.122. The number of sulfonamides is 1. The van der Waals surface area contributed by atoms with Crippen LogP contribution < -0.4 is 14.4 Å². The number of anilines is 1. The molecule has 0 unspecified atom stereocenters. The van der Waals surface area contributed by atoms with E-state index in [1.807, 2.05) is 37.3 Å². The third kappa shape index (κ3) is 5.18. The minimum atomic E-state index is -3.78. The molecule has 0 saturated heterocycles. The molecule has 0 aromatic heterocycles. The second-order valence-corrected chi connectivity index (χ2v) is 8.63. The predicted octanol–water partition coefficient (Wildman–Crippen LogP) is 3.52. The topological polar surface area (TPSA) is 75.7 Å². The molecule has 156 valence electrons. The summed E-state index contributed by atoms with van der Waals surface area (Å²) in [4.78, 5) is 11.6. The maximum Gasteiger partial charge on any atom is 0.264 e. The highest BCUT2D eigenvalue weighted by Crippen LogP contribution is 2.28. The van der Waals surface area contributed by atoms with Crippen LogP contribution >= 0.6 is 0 Å². The zero-order valence-corrected chi connectivity index (χ0v) is 17.7. The molecule has 0 aliphatic carbocycles. The molecule has 0 heterocycles. The number of rotatable bonds is 8. The summed E-state index contributed by atoms with van der Waals surface area (Å²) in [6, 6.07) is 22.9. The number of carbonyl (C=O) groups excluding carboxylic acids is 1. The smallest absolute Gasteiger partial charge is 0.264 e. The molecule has 7 heteroatoms. The summed E-state index contributed by atoms with van der Waals surface area (Å²) in [5, 5.41) is 2.48. The Kier molecular flexibility index (Phi) is 6.74. The molecule has 3 rings (SSSR count). The van der Waals surface area contributed by atoms with E-state index in [9.17, 15) is 13.2 Å². The van der Waals surface area contributed by atoms with E-state index in [4.69, 9.17) is 4.74 Å². The van der Waals surface area contributed by atoms with Crippen LogP contribution in [0.1, 0.15) is 11.1 Å². The number of ether oxygens (including phenoxy) is 1. The Morgan fingerprint density at radius 1 is 0.933 bits per heavy atom. The number of hydrogen-bond acceptors (Lipinski definition) is 4. The van der Waals surface area contributed by atoms with Gasteiger partial charge in [-0.05, 0) is 48.9 Å². The maximum atomic E-state index is 13.4. The Morgan fingerprint density at radius 3 is 2.17 bits per heavy atom. The number of likely N-dealkylation sites (N-methyl/N-ethyl adjacent to an activating group) is 1. The van der Waals surface area contributed by atoms with Crippen LogP contribution in [-0.4, -0.2) is 28.0 Å². The fraction of sp³-hybridized carbons (Fsp3) is 0.174. The van der Waals surface area contributed by atoms with Gasteiger partial charge in [-0.25, -0.2) is 8.42 Å². The highest BCUT2D eigenvalue weighted by atomic mass is 32.2. The zero-order valence-electron chi connectivity index (χ0n) is 16.9. The van der Waals surface area contributed by atoms with Crippen molar-refractivity contribution in [3.05, 3.63) is 90.0 Å². The number of carbonyl (C=O) groups is 1. The molecule has 1 N–H and O–H groups in total. The lowest BCUT2D eigenvalue weighted by atomic mass is 10.2. The minimum Gasteiger partial charge on any atom is -0.484 e. The maximum absolute atomic E-state index is 13.4. The second-order valence-electron chi connectivity index (χ2n) is 6.77. The Labute approximate surface area is 177 Å². The first-order valence-corrected chi connectivity index (χ1v) is 10.9. The van der Waals surface area contributed by atoms with Crippen molar-refractivity contribution < 1.29 is 17.9 Å². The van der Waals surface area contributed by atoms with Gasteiger partial charge in [-0.3, -0.25) is 9.10 Å². The van der Waals surface area contributed by atoms with Gasteiger partial charge in [-0.1, -0.05) is 48.0 Å². The van der Waals surface area contributed by atoms with E-state index >= 15 is 0 Å². The molecule has 0 atom stereocenters. The SMILES string of the molecule is CNC(=O)COc1ccc(N(Cc2ccccc2)S(=O)(=O)c2ccc(C)cc2)cc1. The van der Waals surface area contributed by atoms with Gasteiger partial charge in [0, 0.05) is 7.05 Å². The molecule has 0 fully saturated rings. The monoisotopic (exact) mass is 424 g/mol. The van der Waals surface area contributed by atoms with Crippen LogP contribution in [0, 0.1) is 6.92 Å². The summed E-state index contributed by atoms with van der Waals surface area (Å²) in [7, 11) is -2.25. The fourth-order valence-corrected chi connectivity index (χ4v) is 4.28. The molecule has 0 spiro atoms. The van der Waals surface area contributed by atoms with Crippen molar-refractivity contribution >= 4 is 21.6 Å². The van der Waals surface area contributed by atoms with Gasteiger partial charge in [0.1, 0.15) is 5.75 Å². The van der Waals surface area contributed by atoms with Crippen LogP contribution in [0.25, 0.3) is 0 Å². The zero-order chi connectivity index (χ0) is 21.6. The van der Waals surface area contributed by atoms with Crippen LogP contribution in [0.5, 0.6) is 5.75 Å². The predicted molar refractivity (Wildman–Crippen MR) is 117 cm³/mol. The summed E-state index contributed by atoms with van der Waals surface area (Å²) < 4.78 is 33.6. The molecule has 3 aromatic carbocycles. The average Bonchev–Trinajstić information content (AvgIpc) is 2.77. The van der Waals surface area contributed by atoms with Crippen molar-refractivity contribution in [3.8, 4) is 5.75 Å². The second kappa shape index (κ2) is 9.45. The van der Waals surface area contributed by atoms with Crippen molar-refractivity contribution in [2.75, 3.05) is 18.0 Å². The number of nitrogens with zero attached hydrogens (tertiary/aromatic N) is 1. The van der Waals surface area contributed by atoms with Gasteiger partial charge in [-0.2, -0.15) is 0 Å². The van der Waals surface area contributed by atoms with Gasteiger partial charge in [0.15, 0.2) is 6.61 Å². The third-order valence-corrected chi connectivity index (χ3v) is 6.34. The summed E-state index contributed by atoms with van der Waals surface area (Å²) in [5.41, 5.74) is 2.36. The highest BCUT2D eigenvalue weighted by Gasteiger charge is 2.25. The first-order chi connectivity index (χ1) is 14.4. The Bertz CT molecular complexity index is 1080. The molecule has 1 amide bonds. The van der Waals surface area contributed by atoms with Crippen molar-refractivity contribution in [2.24, 2.45) is 0 Å². The molecule has 0 saturated carbocycles. The molecule has 3 aromatic rings. The van der Waals surface area contributed by atoms with Gasteiger partial charge in [0.2, 0.25) is 0 Å². The van der Waals surface area contributed by atoms with Crippen LogP contribution in [0.4, 0.5) is 5.69 Å². The van der Waals surface area contributed by atoms with Crippen LogP contribution in [-0.2, 0) is 21.4 Å². The Hall–Kier alpha value is -3.32. The van der Waals surface area contributed by atoms with Crippen molar-refractivity contribution in [1.29, 1.82) is 0 Å². The summed E-state index contributed by atoms with van der Waals surface area (Å²) in [5.74, 6) is 0.237. The number of amides is 1. The Morgan fingerprint density at radius 2 is 1.57 bits per heavy atom. The Balaban J connectivity index is 1.93. The molecule has 0 aliphatic rings. The van der Waals surface area contributed by atoms with E-state index in [0.717, 1.165) is 11.1 Å². The number of aryl methyl sites for hydroxylation is 1. The molecule has 30 heavy (non-hydrogen) atoms. The summed E-state index contributed by atoms with van der Waals surface area (Å²) >= 11 is 0. The van der Waals surface area contributed by atoms with Gasteiger partial charge in [0.25, 0.3) is 15.9 Å².